The summed E-state index contributed by atoms with van der Waals surface area (Å²) < 4.78 is 5.26. The van der Waals surface area contributed by atoms with Crippen LogP contribution in [0.25, 0.3) is 11.0 Å². The Bertz CT molecular complexity index is 785. The number of fused-ring (bicyclic) bond motifs is 1. The van der Waals surface area contributed by atoms with Crippen LogP contribution in [0.15, 0.2) is 46.2 Å². The highest BCUT2D eigenvalue weighted by atomic mass is 35.5. The maximum atomic E-state index is 12.0. The maximum Gasteiger partial charge on any atom is 0.231 e. The van der Waals surface area contributed by atoms with Gasteiger partial charge in [0, 0.05) is 5.02 Å². The molecule has 0 aliphatic rings. The molecule has 1 atom stereocenters. The second-order valence-electron chi connectivity index (χ2n) is 4.80. The number of H-pyrrole nitrogens is 1. The van der Waals surface area contributed by atoms with Gasteiger partial charge in [-0.2, -0.15) is 0 Å². The van der Waals surface area contributed by atoms with Gasteiger partial charge in [-0.05, 0) is 37.3 Å². The molecule has 0 spiro atoms. The summed E-state index contributed by atoms with van der Waals surface area (Å²) in [5, 5.41) is 4.22. The monoisotopic (exact) mass is 335 g/mol. The minimum absolute atomic E-state index is 0.0765. The number of amides is 1. The van der Waals surface area contributed by atoms with Crippen LogP contribution in [0.5, 0.6) is 0 Å². The van der Waals surface area contributed by atoms with E-state index in [4.69, 9.17) is 16.0 Å². The summed E-state index contributed by atoms with van der Waals surface area (Å²) in [7, 11) is 0. The van der Waals surface area contributed by atoms with Gasteiger partial charge in [-0.3, -0.25) is 4.79 Å². The van der Waals surface area contributed by atoms with Gasteiger partial charge in [0.1, 0.15) is 5.76 Å². The molecule has 5 nitrogen and oxygen atoms in total. The van der Waals surface area contributed by atoms with Crippen LogP contribution < -0.4 is 5.32 Å². The Labute approximate surface area is 136 Å². The quantitative estimate of drug-likeness (QED) is 0.696. The second-order valence-corrected chi connectivity index (χ2v) is 6.20. The van der Waals surface area contributed by atoms with Gasteiger partial charge < -0.3 is 14.7 Å². The molecule has 7 heteroatoms. The molecule has 0 aliphatic carbocycles. The summed E-state index contributed by atoms with van der Waals surface area (Å²) in [6.07, 6.45) is 1.59. The zero-order valence-electron chi connectivity index (χ0n) is 11.8. The van der Waals surface area contributed by atoms with Crippen molar-refractivity contribution < 1.29 is 9.21 Å². The van der Waals surface area contributed by atoms with Crippen molar-refractivity contribution in [1.82, 2.24) is 15.3 Å². The van der Waals surface area contributed by atoms with Crippen LogP contribution in [0.4, 0.5) is 0 Å². The van der Waals surface area contributed by atoms with Crippen molar-refractivity contribution in [1.29, 1.82) is 0 Å². The van der Waals surface area contributed by atoms with Crippen molar-refractivity contribution in [2.45, 2.75) is 18.1 Å². The molecule has 0 unspecified atom stereocenters. The third-order valence-corrected chi connectivity index (χ3v) is 4.22. The first-order chi connectivity index (χ1) is 10.6. The SMILES string of the molecule is C[C@@H](NC(=O)CSc1nc2ccc(Cl)cc2[nH]1)c1ccco1. The van der Waals surface area contributed by atoms with E-state index in [1.807, 2.05) is 25.1 Å². The predicted molar refractivity (Wildman–Crippen MR) is 87.1 cm³/mol. The molecular formula is C15H14ClN3O2S. The average Bonchev–Trinajstić information content (AvgIpc) is 3.13. The summed E-state index contributed by atoms with van der Waals surface area (Å²) >= 11 is 7.28. The van der Waals surface area contributed by atoms with E-state index in [2.05, 4.69) is 15.3 Å². The Hall–Kier alpha value is -1.92. The number of aromatic amines is 1. The van der Waals surface area contributed by atoms with Gasteiger partial charge >= 0.3 is 0 Å². The molecule has 114 valence electrons. The molecule has 1 amide bonds. The van der Waals surface area contributed by atoms with Crippen molar-refractivity contribution >= 4 is 40.3 Å². The molecule has 0 saturated heterocycles. The van der Waals surface area contributed by atoms with Crippen molar-refractivity contribution in [2.24, 2.45) is 0 Å². The number of halogens is 1. The van der Waals surface area contributed by atoms with Crippen molar-refractivity contribution in [2.75, 3.05) is 5.75 Å². The highest BCUT2D eigenvalue weighted by Gasteiger charge is 2.13. The third-order valence-electron chi connectivity index (χ3n) is 3.11. The number of rotatable bonds is 5. The number of carbonyl (C=O) groups excluding carboxylic acids is 1. The van der Waals surface area contributed by atoms with E-state index < -0.39 is 0 Å². The lowest BCUT2D eigenvalue weighted by molar-refractivity contribution is -0.119. The van der Waals surface area contributed by atoms with Crippen LogP contribution in [-0.4, -0.2) is 21.6 Å². The van der Waals surface area contributed by atoms with E-state index in [9.17, 15) is 4.79 Å². The first kappa shape index (κ1) is 15.0. The zero-order valence-corrected chi connectivity index (χ0v) is 13.4. The van der Waals surface area contributed by atoms with Gasteiger partial charge in [-0.25, -0.2) is 4.98 Å². The number of nitrogens with zero attached hydrogens (tertiary/aromatic N) is 1. The predicted octanol–water partition coefficient (Wildman–Crippen LogP) is 3.78. The molecule has 0 bridgehead atoms. The van der Waals surface area contributed by atoms with Crippen LogP contribution in [-0.2, 0) is 4.79 Å². The minimum Gasteiger partial charge on any atom is -0.467 e. The maximum absolute atomic E-state index is 12.0. The van der Waals surface area contributed by atoms with E-state index in [-0.39, 0.29) is 17.7 Å². The molecule has 22 heavy (non-hydrogen) atoms. The van der Waals surface area contributed by atoms with E-state index >= 15 is 0 Å². The minimum atomic E-state index is -0.155. The van der Waals surface area contributed by atoms with E-state index in [0.717, 1.165) is 16.8 Å². The van der Waals surface area contributed by atoms with Crippen LogP contribution in [0.2, 0.25) is 5.02 Å². The summed E-state index contributed by atoms with van der Waals surface area (Å²) in [5.41, 5.74) is 1.69. The lowest BCUT2D eigenvalue weighted by Crippen LogP contribution is -2.27. The lowest BCUT2D eigenvalue weighted by atomic mass is 10.2. The topological polar surface area (TPSA) is 70.9 Å². The standard InChI is InChI=1S/C15H14ClN3O2S/c1-9(13-3-2-6-21-13)17-14(20)8-22-15-18-11-5-4-10(16)7-12(11)19-15/h2-7,9H,8H2,1H3,(H,17,20)(H,18,19)/t9-/m1/s1. The molecule has 2 N–H and O–H groups in total. The molecule has 2 aromatic heterocycles. The Balaban J connectivity index is 1.58. The normalized spacial score (nSPS) is 12.5. The third kappa shape index (κ3) is 3.45. The fourth-order valence-electron chi connectivity index (χ4n) is 2.05. The number of thioether (sulfide) groups is 1. The van der Waals surface area contributed by atoms with Gasteiger partial charge in [0.15, 0.2) is 5.16 Å². The van der Waals surface area contributed by atoms with Gasteiger partial charge in [-0.1, -0.05) is 23.4 Å². The highest BCUT2D eigenvalue weighted by molar-refractivity contribution is 7.99. The van der Waals surface area contributed by atoms with Crippen LogP contribution >= 0.6 is 23.4 Å². The molecule has 0 aliphatic heterocycles. The Morgan fingerprint density at radius 3 is 3.14 bits per heavy atom. The Kier molecular flexibility index (Phi) is 4.40. The van der Waals surface area contributed by atoms with Crippen molar-refractivity contribution in [3.05, 3.63) is 47.4 Å². The number of aromatic nitrogens is 2. The van der Waals surface area contributed by atoms with Gasteiger partial charge in [0.05, 0.1) is 29.1 Å². The van der Waals surface area contributed by atoms with Crippen LogP contribution in [0.1, 0.15) is 18.7 Å². The molecule has 3 aromatic rings. The van der Waals surface area contributed by atoms with Gasteiger partial charge in [-0.15, -0.1) is 0 Å². The van der Waals surface area contributed by atoms with E-state index in [0.29, 0.717) is 10.2 Å². The Morgan fingerprint density at radius 2 is 2.36 bits per heavy atom. The molecule has 0 radical (unpaired) electrons. The molecule has 2 heterocycles. The smallest absolute Gasteiger partial charge is 0.231 e. The Morgan fingerprint density at radius 1 is 1.50 bits per heavy atom. The zero-order chi connectivity index (χ0) is 15.5. The molecular weight excluding hydrogens is 322 g/mol. The lowest BCUT2D eigenvalue weighted by Gasteiger charge is -2.10. The van der Waals surface area contributed by atoms with Gasteiger partial charge in [0.25, 0.3) is 0 Å². The summed E-state index contributed by atoms with van der Waals surface area (Å²) in [4.78, 5) is 19.5. The van der Waals surface area contributed by atoms with E-state index in [1.165, 1.54) is 11.8 Å². The number of hydrogen-bond acceptors (Lipinski definition) is 4. The van der Waals surface area contributed by atoms with Gasteiger partial charge in [0.2, 0.25) is 5.91 Å². The number of nitrogens with one attached hydrogen (secondary N) is 2. The number of furan rings is 1. The largest absolute Gasteiger partial charge is 0.467 e. The summed E-state index contributed by atoms with van der Waals surface area (Å²) in [6, 6.07) is 8.92. The van der Waals surface area contributed by atoms with Crippen LogP contribution in [0.3, 0.4) is 0 Å². The molecule has 0 saturated carbocycles. The summed E-state index contributed by atoms with van der Waals surface area (Å²) in [5.74, 6) is 0.933. The second kappa shape index (κ2) is 6.46. The highest BCUT2D eigenvalue weighted by Crippen LogP contribution is 2.22. The van der Waals surface area contributed by atoms with Crippen LogP contribution in [0, 0.1) is 0 Å². The van der Waals surface area contributed by atoms with Crippen molar-refractivity contribution in [3.63, 3.8) is 0 Å². The molecule has 3 rings (SSSR count). The fraction of sp³-hybridized carbons (Fsp3) is 0.200. The number of imidazole rings is 1. The van der Waals surface area contributed by atoms with E-state index in [1.54, 1.807) is 18.4 Å². The average molecular weight is 336 g/mol. The first-order valence-corrected chi connectivity index (χ1v) is 8.09. The summed E-state index contributed by atoms with van der Waals surface area (Å²) in [6.45, 7) is 1.88. The fourth-order valence-corrected chi connectivity index (χ4v) is 2.92. The molecule has 1 aromatic carbocycles. The van der Waals surface area contributed by atoms with Crippen molar-refractivity contribution in [3.8, 4) is 0 Å². The number of benzene rings is 1. The molecule has 0 fully saturated rings. The first-order valence-electron chi connectivity index (χ1n) is 6.72. The number of carbonyl (C=O) groups is 1. The number of hydrogen-bond donors (Lipinski definition) is 2.